The van der Waals surface area contributed by atoms with Gasteiger partial charge in [0.1, 0.15) is 0 Å². The van der Waals surface area contributed by atoms with Gasteiger partial charge in [0.05, 0.1) is 12.1 Å². The topological polar surface area (TPSA) is 98.3 Å². The molecule has 0 saturated carbocycles. The number of sulfonamides is 1. The van der Waals surface area contributed by atoms with Crippen molar-refractivity contribution in [2.75, 3.05) is 18.8 Å². The number of amides is 1. The number of primary sulfonamides is 1. The van der Waals surface area contributed by atoms with E-state index in [4.69, 9.17) is 5.14 Å². The quantitative estimate of drug-likeness (QED) is 0.755. The summed E-state index contributed by atoms with van der Waals surface area (Å²) in [7, 11) is -3.50. The van der Waals surface area contributed by atoms with E-state index in [2.05, 4.69) is 4.98 Å². The largest absolute Gasteiger partial charge is 0.342 e. The van der Waals surface area contributed by atoms with Crippen molar-refractivity contribution in [2.24, 2.45) is 11.1 Å². The van der Waals surface area contributed by atoms with Gasteiger partial charge < -0.3 is 9.47 Å². The molecular weight excluding hydrogens is 268 g/mol. The van der Waals surface area contributed by atoms with Crippen LogP contribution < -0.4 is 5.14 Å². The fourth-order valence-electron chi connectivity index (χ4n) is 2.37. The van der Waals surface area contributed by atoms with Crippen LogP contribution in [0.3, 0.4) is 0 Å². The minimum atomic E-state index is -3.50. The lowest BCUT2D eigenvalue weighted by Gasteiger charge is -2.16. The van der Waals surface area contributed by atoms with E-state index in [0.29, 0.717) is 13.1 Å². The van der Waals surface area contributed by atoms with Gasteiger partial charge in [-0.15, -0.1) is 0 Å². The van der Waals surface area contributed by atoms with Gasteiger partial charge in [0.2, 0.25) is 15.9 Å². The molecule has 0 aliphatic carbocycles. The lowest BCUT2D eigenvalue weighted by atomic mass is 10.1. The lowest BCUT2D eigenvalue weighted by molar-refractivity contribution is -0.127. The molecule has 0 bridgehead atoms. The van der Waals surface area contributed by atoms with Gasteiger partial charge in [-0.1, -0.05) is 0 Å². The van der Waals surface area contributed by atoms with Crippen LogP contribution in [-0.2, 0) is 21.4 Å². The average molecular weight is 286 g/mol. The molecule has 1 aromatic heterocycles. The van der Waals surface area contributed by atoms with Crippen LogP contribution in [0.2, 0.25) is 0 Å². The van der Waals surface area contributed by atoms with E-state index in [1.54, 1.807) is 17.4 Å². The van der Waals surface area contributed by atoms with Crippen LogP contribution in [0.1, 0.15) is 12.8 Å². The van der Waals surface area contributed by atoms with Crippen LogP contribution in [0.15, 0.2) is 18.7 Å². The Balaban J connectivity index is 1.77. The molecule has 8 heteroatoms. The fraction of sp³-hybridized carbons (Fsp3) is 0.636. The smallest absolute Gasteiger partial charge is 0.222 e. The van der Waals surface area contributed by atoms with Gasteiger partial charge in [-0.25, -0.2) is 18.5 Å². The summed E-state index contributed by atoms with van der Waals surface area (Å²) in [5, 5.41) is 5.00. The molecular formula is C11H18N4O3S. The lowest BCUT2D eigenvalue weighted by Crippen LogP contribution is -2.29. The van der Waals surface area contributed by atoms with Crippen molar-refractivity contribution < 1.29 is 13.2 Å². The monoisotopic (exact) mass is 286 g/mol. The van der Waals surface area contributed by atoms with Crippen LogP contribution in [-0.4, -0.2) is 47.6 Å². The van der Waals surface area contributed by atoms with Gasteiger partial charge in [-0.2, -0.15) is 0 Å². The molecule has 7 nitrogen and oxygen atoms in total. The number of carbonyl (C=O) groups is 1. The number of rotatable bonds is 6. The van der Waals surface area contributed by atoms with Crippen molar-refractivity contribution in [1.29, 1.82) is 0 Å². The third kappa shape index (κ3) is 4.32. The van der Waals surface area contributed by atoms with Crippen molar-refractivity contribution in [1.82, 2.24) is 14.5 Å². The van der Waals surface area contributed by atoms with Crippen LogP contribution in [0.4, 0.5) is 0 Å². The number of carbonyl (C=O) groups excluding carboxylic acids is 1. The Labute approximate surface area is 112 Å². The van der Waals surface area contributed by atoms with E-state index in [1.807, 2.05) is 10.8 Å². The highest BCUT2D eigenvalue weighted by Gasteiger charge is 2.31. The molecule has 1 saturated heterocycles. The summed E-state index contributed by atoms with van der Waals surface area (Å²) in [6, 6.07) is 0. The number of hydrogen-bond acceptors (Lipinski definition) is 4. The van der Waals surface area contributed by atoms with Gasteiger partial charge in [0.25, 0.3) is 0 Å². The van der Waals surface area contributed by atoms with Crippen molar-refractivity contribution >= 4 is 15.9 Å². The minimum absolute atomic E-state index is 0.0132. The van der Waals surface area contributed by atoms with Gasteiger partial charge >= 0.3 is 0 Å². The van der Waals surface area contributed by atoms with Crippen molar-refractivity contribution in [3.8, 4) is 0 Å². The third-order valence-electron chi connectivity index (χ3n) is 3.17. The number of hydrogen-bond donors (Lipinski definition) is 1. The Morgan fingerprint density at radius 3 is 2.84 bits per heavy atom. The number of likely N-dealkylation sites (tertiary alicyclic amines) is 1. The molecule has 2 N–H and O–H groups in total. The Kier molecular flexibility index (Phi) is 4.20. The molecule has 0 radical (unpaired) electrons. The van der Waals surface area contributed by atoms with E-state index >= 15 is 0 Å². The van der Waals surface area contributed by atoms with Crippen molar-refractivity contribution in [3.05, 3.63) is 18.7 Å². The zero-order valence-corrected chi connectivity index (χ0v) is 11.4. The summed E-state index contributed by atoms with van der Waals surface area (Å²) in [6.45, 7) is 1.92. The molecule has 1 aliphatic rings. The van der Waals surface area contributed by atoms with Gasteiger partial charge in [0.15, 0.2) is 0 Å². The van der Waals surface area contributed by atoms with Crippen molar-refractivity contribution in [2.45, 2.75) is 19.4 Å². The molecule has 1 amide bonds. The minimum Gasteiger partial charge on any atom is -0.342 e. The number of nitrogens with zero attached hydrogens (tertiary/aromatic N) is 3. The van der Waals surface area contributed by atoms with Gasteiger partial charge in [-0.3, -0.25) is 4.79 Å². The zero-order chi connectivity index (χ0) is 13.9. The summed E-state index contributed by atoms with van der Waals surface area (Å²) in [5.41, 5.74) is 0. The first-order valence-electron chi connectivity index (χ1n) is 6.18. The maximum Gasteiger partial charge on any atom is 0.222 e. The molecule has 1 aromatic rings. The summed E-state index contributed by atoms with van der Waals surface area (Å²) in [4.78, 5) is 17.4. The first-order chi connectivity index (χ1) is 8.94. The number of imidazole rings is 1. The Bertz CT molecular complexity index is 526. The molecule has 19 heavy (non-hydrogen) atoms. The van der Waals surface area contributed by atoms with E-state index in [9.17, 15) is 13.2 Å². The maximum absolute atomic E-state index is 11.7. The van der Waals surface area contributed by atoms with Crippen LogP contribution in [0.25, 0.3) is 0 Å². The fourth-order valence-corrected chi connectivity index (χ4v) is 3.25. The van der Waals surface area contributed by atoms with Crippen LogP contribution >= 0.6 is 0 Å². The second kappa shape index (κ2) is 5.70. The molecule has 1 fully saturated rings. The van der Waals surface area contributed by atoms with E-state index in [0.717, 1.165) is 13.0 Å². The third-order valence-corrected chi connectivity index (χ3v) is 4.10. The normalized spacial score (nSPS) is 20.2. The summed E-state index contributed by atoms with van der Waals surface area (Å²) in [6.07, 6.45) is 6.42. The molecule has 1 unspecified atom stereocenters. The molecule has 0 aromatic carbocycles. The molecule has 106 valence electrons. The first-order valence-corrected chi connectivity index (χ1v) is 7.89. The Morgan fingerprint density at radius 2 is 2.21 bits per heavy atom. The highest BCUT2D eigenvalue weighted by atomic mass is 32.2. The van der Waals surface area contributed by atoms with E-state index in [1.165, 1.54) is 0 Å². The van der Waals surface area contributed by atoms with Gasteiger partial charge in [-0.05, 0) is 6.42 Å². The standard InChI is InChI=1S/C11H18N4O3S/c12-19(17,18)8-10-6-11(16)15(7-10)4-1-3-14-5-2-13-9-14/h2,5,9-10H,1,3-4,6-8H2,(H2,12,17,18). The molecule has 2 heterocycles. The predicted octanol–water partition coefficient (Wildman–Crippen LogP) is -0.590. The highest BCUT2D eigenvalue weighted by molar-refractivity contribution is 7.89. The zero-order valence-electron chi connectivity index (χ0n) is 10.6. The molecule has 1 aliphatic heterocycles. The number of nitrogens with two attached hydrogens (primary N) is 1. The summed E-state index contributed by atoms with van der Waals surface area (Å²) in [5.74, 6) is -0.272. The van der Waals surface area contributed by atoms with Crippen molar-refractivity contribution in [3.63, 3.8) is 0 Å². The molecule has 0 spiro atoms. The van der Waals surface area contributed by atoms with E-state index in [-0.39, 0.29) is 24.0 Å². The molecule has 2 rings (SSSR count). The maximum atomic E-state index is 11.7. The van der Waals surface area contributed by atoms with Crippen LogP contribution in [0.5, 0.6) is 0 Å². The SMILES string of the molecule is NS(=O)(=O)CC1CC(=O)N(CCCn2ccnc2)C1. The average Bonchev–Trinajstić information content (AvgIpc) is 2.87. The summed E-state index contributed by atoms with van der Waals surface area (Å²) >= 11 is 0. The Morgan fingerprint density at radius 1 is 1.42 bits per heavy atom. The predicted molar refractivity (Wildman–Crippen MR) is 69.5 cm³/mol. The van der Waals surface area contributed by atoms with E-state index < -0.39 is 10.0 Å². The first kappa shape index (κ1) is 14.0. The van der Waals surface area contributed by atoms with Gasteiger partial charge in [0, 0.05) is 44.4 Å². The highest BCUT2D eigenvalue weighted by Crippen LogP contribution is 2.19. The molecule has 1 atom stereocenters. The second-order valence-electron chi connectivity index (χ2n) is 4.89. The second-order valence-corrected chi connectivity index (χ2v) is 6.55. The summed E-state index contributed by atoms with van der Waals surface area (Å²) < 4.78 is 24.0. The van der Waals surface area contributed by atoms with Crippen LogP contribution in [0, 0.1) is 5.92 Å². The number of aryl methyl sites for hydroxylation is 1. The Hall–Kier alpha value is -1.41. The number of aromatic nitrogens is 2.